The zero-order valence-electron chi connectivity index (χ0n) is 14.4. The molecule has 0 fully saturated rings. The zero-order valence-corrected chi connectivity index (χ0v) is 16.0. The number of nitrogens with one attached hydrogen (secondary N) is 1. The van der Waals surface area contributed by atoms with Crippen LogP contribution in [0.15, 0.2) is 39.5 Å². The second kappa shape index (κ2) is 7.63. The van der Waals surface area contributed by atoms with Crippen molar-refractivity contribution in [3.05, 3.63) is 52.0 Å². The van der Waals surface area contributed by atoms with Crippen LogP contribution in [0.1, 0.15) is 30.4 Å². The Labute approximate surface area is 160 Å². The lowest BCUT2D eigenvalue weighted by Crippen LogP contribution is -2.22. The SMILES string of the molecule is CC(SCc1nc(-c2ccsc2)no1)C(=O)Nc1ccc2c(c1)CCC2. The van der Waals surface area contributed by atoms with Gasteiger partial charge in [-0.2, -0.15) is 16.3 Å². The Morgan fingerprint density at radius 2 is 2.23 bits per heavy atom. The summed E-state index contributed by atoms with van der Waals surface area (Å²) < 4.78 is 5.28. The highest BCUT2D eigenvalue weighted by Crippen LogP contribution is 2.26. The lowest BCUT2D eigenvalue weighted by molar-refractivity contribution is -0.115. The maximum Gasteiger partial charge on any atom is 0.237 e. The number of thioether (sulfide) groups is 1. The monoisotopic (exact) mass is 385 g/mol. The standard InChI is InChI=1S/C19H19N3O2S2/c1-12(19(23)20-16-6-5-13-3-2-4-14(13)9-16)26-11-17-21-18(22-24-17)15-7-8-25-10-15/h5-10,12H,2-4,11H2,1H3,(H,20,23). The summed E-state index contributed by atoms with van der Waals surface area (Å²) in [5, 5.41) is 10.7. The molecule has 0 saturated heterocycles. The fourth-order valence-corrected chi connectivity index (χ4v) is 4.34. The molecule has 1 atom stereocenters. The minimum Gasteiger partial charge on any atom is -0.338 e. The summed E-state index contributed by atoms with van der Waals surface area (Å²) in [6.45, 7) is 1.89. The number of hydrogen-bond acceptors (Lipinski definition) is 6. The molecule has 2 aromatic heterocycles. The Morgan fingerprint density at radius 1 is 1.35 bits per heavy atom. The second-order valence-corrected chi connectivity index (χ2v) is 8.41. The highest BCUT2D eigenvalue weighted by atomic mass is 32.2. The molecular formula is C19H19N3O2S2. The summed E-state index contributed by atoms with van der Waals surface area (Å²) in [5.41, 5.74) is 4.59. The van der Waals surface area contributed by atoms with Gasteiger partial charge in [0.15, 0.2) is 0 Å². The first kappa shape index (κ1) is 17.3. The van der Waals surface area contributed by atoms with Crippen LogP contribution >= 0.6 is 23.1 Å². The summed E-state index contributed by atoms with van der Waals surface area (Å²) in [6.07, 6.45) is 3.46. The fourth-order valence-electron chi connectivity index (χ4n) is 2.99. The van der Waals surface area contributed by atoms with Crippen molar-refractivity contribution in [1.29, 1.82) is 0 Å². The number of anilines is 1. The average Bonchev–Trinajstić information content (AvgIpc) is 3.39. The third-order valence-corrected chi connectivity index (χ3v) is 6.25. The topological polar surface area (TPSA) is 68.0 Å². The number of aryl methyl sites for hydroxylation is 2. The van der Waals surface area contributed by atoms with Gasteiger partial charge in [-0.05, 0) is 60.9 Å². The fraction of sp³-hybridized carbons (Fsp3) is 0.316. The maximum atomic E-state index is 12.4. The Hall–Kier alpha value is -2.12. The third-order valence-electron chi connectivity index (χ3n) is 4.44. The van der Waals surface area contributed by atoms with E-state index in [0.29, 0.717) is 17.5 Å². The number of amides is 1. The van der Waals surface area contributed by atoms with E-state index < -0.39 is 0 Å². The quantitative estimate of drug-likeness (QED) is 0.674. The molecule has 7 heteroatoms. The number of fused-ring (bicyclic) bond motifs is 1. The lowest BCUT2D eigenvalue weighted by atomic mass is 10.1. The van der Waals surface area contributed by atoms with Crippen LogP contribution < -0.4 is 5.32 Å². The van der Waals surface area contributed by atoms with E-state index in [0.717, 1.165) is 24.1 Å². The van der Waals surface area contributed by atoms with Crippen LogP contribution in [-0.4, -0.2) is 21.3 Å². The highest BCUT2D eigenvalue weighted by molar-refractivity contribution is 7.99. The number of hydrogen-bond donors (Lipinski definition) is 1. The first-order valence-corrected chi connectivity index (χ1v) is 10.6. The smallest absolute Gasteiger partial charge is 0.237 e. The van der Waals surface area contributed by atoms with E-state index in [2.05, 4.69) is 27.6 Å². The number of aromatic nitrogens is 2. The average molecular weight is 386 g/mol. The van der Waals surface area contributed by atoms with Gasteiger partial charge in [0.2, 0.25) is 17.6 Å². The molecule has 1 unspecified atom stereocenters. The van der Waals surface area contributed by atoms with Crippen LogP contribution in [-0.2, 0) is 23.4 Å². The number of carbonyl (C=O) groups excluding carboxylic acids is 1. The Bertz CT molecular complexity index is 905. The molecule has 0 aliphatic heterocycles. The van der Waals surface area contributed by atoms with Gasteiger partial charge in [0.25, 0.3) is 0 Å². The molecule has 0 saturated carbocycles. The first-order valence-electron chi connectivity index (χ1n) is 8.58. The highest BCUT2D eigenvalue weighted by Gasteiger charge is 2.17. The van der Waals surface area contributed by atoms with E-state index in [1.165, 1.54) is 29.3 Å². The molecule has 1 N–H and O–H groups in total. The molecule has 2 heterocycles. The Balaban J connectivity index is 1.31. The van der Waals surface area contributed by atoms with Gasteiger partial charge in [0, 0.05) is 16.6 Å². The van der Waals surface area contributed by atoms with Crippen LogP contribution in [0.2, 0.25) is 0 Å². The van der Waals surface area contributed by atoms with Crippen molar-refractivity contribution in [2.45, 2.75) is 37.2 Å². The summed E-state index contributed by atoms with van der Waals surface area (Å²) in [4.78, 5) is 16.8. The van der Waals surface area contributed by atoms with Crippen LogP contribution in [0.25, 0.3) is 11.4 Å². The van der Waals surface area contributed by atoms with Gasteiger partial charge in [-0.1, -0.05) is 11.2 Å². The van der Waals surface area contributed by atoms with Gasteiger partial charge in [0.05, 0.1) is 11.0 Å². The minimum atomic E-state index is -0.209. The number of rotatable bonds is 6. The molecule has 1 aromatic carbocycles. The van der Waals surface area contributed by atoms with Gasteiger partial charge < -0.3 is 9.84 Å². The predicted molar refractivity (Wildman–Crippen MR) is 105 cm³/mol. The molecule has 1 amide bonds. The van der Waals surface area contributed by atoms with Crippen LogP contribution in [0.5, 0.6) is 0 Å². The van der Waals surface area contributed by atoms with Gasteiger partial charge in [0.1, 0.15) is 0 Å². The third kappa shape index (κ3) is 3.83. The van der Waals surface area contributed by atoms with Crippen LogP contribution in [0.4, 0.5) is 5.69 Å². The van der Waals surface area contributed by atoms with Crippen molar-refractivity contribution in [1.82, 2.24) is 10.1 Å². The molecule has 0 spiro atoms. The second-order valence-electron chi connectivity index (χ2n) is 6.30. The number of benzene rings is 1. The summed E-state index contributed by atoms with van der Waals surface area (Å²) >= 11 is 3.08. The van der Waals surface area contributed by atoms with Gasteiger partial charge in [-0.15, -0.1) is 11.8 Å². The molecule has 3 aromatic rings. The number of thiophene rings is 1. The molecule has 1 aliphatic rings. The van der Waals surface area contributed by atoms with E-state index in [9.17, 15) is 4.79 Å². The predicted octanol–water partition coefficient (Wildman–Crippen LogP) is 4.55. The lowest BCUT2D eigenvalue weighted by Gasteiger charge is -2.12. The molecule has 5 nitrogen and oxygen atoms in total. The van der Waals surface area contributed by atoms with E-state index in [4.69, 9.17) is 4.52 Å². The Morgan fingerprint density at radius 3 is 3.08 bits per heavy atom. The Kier molecular flexibility index (Phi) is 5.08. The molecule has 4 rings (SSSR count). The summed E-state index contributed by atoms with van der Waals surface area (Å²) in [5.74, 6) is 1.63. The summed E-state index contributed by atoms with van der Waals surface area (Å²) in [6, 6.07) is 8.17. The van der Waals surface area contributed by atoms with E-state index in [1.54, 1.807) is 11.3 Å². The zero-order chi connectivity index (χ0) is 17.9. The van der Waals surface area contributed by atoms with Crippen LogP contribution in [0.3, 0.4) is 0 Å². The maximum absolute atomic E-state index is 12.4. The molecule has 1 aliphatic carbocycles. The minimum absolute atomic E-state index is 0.00878. The van der Waals surface area contributed by atoms with Crippen molar-refractivity contribution >= 4 is 34.7 Å². The molecule has 26 heavy (non-hydrogen) atoms. The van der Waals surface area contributed by atoms with Crippen molar-refractivity contribution < 1.29 is 9.32 Å². The van der Waals surface area contributed by atoms with Crippen molar-refractivity contribution in [3.8, 4) is 11.4 Å². The van der Waals surface area contributed by atoms with Gasteiger partial charge >= 0.3 is 0 Å². The van der Waals surface area contributed by atoms with E-state index >= 15 is 0 Å². The van der Waals surface area contributed by atoms with E-state index in [1.807, 2.05) is 29.8 Å². The van der Waals surface area contributed by atoms with Crippen molar-refractivity contribution in [3.63, 3.8) is 0 Å². The molecule has 0 radical (unpaired) electrons. The summed E-state index contributed by atoms with van der Waals surface area (Å²) in [7, 11) is 0. The van der Waals surface area contributed by atoms with Crippen molar-refractivity contribution in [2.24, 2.45) is 0 Å². The normalized spacial score (nSPS) is 14.2. The van der Waals surface area contributed by atoms with Gasteiger partial charge in [-0.3, -0.25) is 4.79 Å². The van der Waals surface area contributed by atoms with E-state index in [-0.39, 0.29) is 11.2 Å². The van der Waals surface area contributed by atoms with Crippen LogP contribution in [0, 0.1) is 0 Å². The van der Waals surface area contributed by atoms with Gasteiger partial charge in [-0.25, -0.2) is 0 Å². The molecular weight excluding hydrogens is 366 g/mol. The van der Waals surface area contributed by atoms with Crippen molar-refractivity contribution in [2.75, 3.05) is 5.32 Å². The molecule has 0 bridgehead atoms. The first-order chi connectivity index (χ1) is 12.7. The largest absolute Gasteiger partial charge is 0.338 e. The number of carbonyl (C=O) groups is 1. The number of nitrogens with zero attached hydrogens (tertiary/aromatic N) is 2. The molecule has 134 valence electrons.